The molecule has 0 radical (unpaired) electrons. The number of rotatable bonds is 4. The Morgan fingerprint density at radius 3 is 2.46 bits per heavy atom. The van der Waals surface area contributed by atoms with Crippen LogP contribution in [0.2, 0.25) is 0 Å². The Kier molecular flexibility index (Phi) is 4.80. The van der Waals surface area contributed by atoms with E-state index < -0.39 is 22.6 Å². The second-order valence-corrected chi connectivity index (χ2v) is 6.92. The molecule has 1 amide bonds. The minimum absolute atomic E-state index is 0.000203. The fourth-order valence-electron chi connectivity index (χ4n) is 3.78. The van der Waals surface area contributed by atoms with Crippen molar-refractivity contribution in [1.82, 2.24) is 14.5 Å². The molecule has 0 bridgehead atoms. The number of nitrogens with one attached hydrogen (secondary N) is 1. The molecule has 3 rings (SSSR count). The SMILES string of the molecule is Cn1c(C(=O)NCC2(c3ccccc3F)CCCC2)cc(=O)n(C)c1=O. The molecule has 0 saturated heterocycles. The maximum absolute atomic E-state index is 14.3. The summed E-state index contributed by atoms with van der Waals surface area (Å²) in [4.78, 5) is 36.4. The van der Waals surface area contributed by atoms with Crippen LogP contribution in [0.3, 0.4) is 0 Å². The zero-order valence-electron chi connectivity index (χ0n) is 14.9. The van der Waals surface area contributed by atoms with Gasteiger partial charge in [-0.15, -0.1) is 0 Å². The Bertz CT molecular complexity index is 955. The number of nitrogens with zero attached hydrogens (tertiary/aromatic N) is 2. The molecule has 138 valence electrons. The molecule has 1 aliphatic carbocycles. The second-order valence-electron chi connectivity index (χ2n) is 6.92. The van der Waals surface area contributed by atoms with E-state index in [1.165, 1.54) is 20.2 Å². The highest BCUT2D eigenvalue weighted by Gasteiger charge is 2.38. The lowest BCUT2D eigenvalue weighted by molar-refractivity contribution is 0.0932. The molecule has 0 aliphatic heterocycles. The molecule has 26 heavy (non-hydrogen) atoms. The van der Waals surface area contributed by atoms with Crippen LogP contribution in [0.5, 0.6) is 0 Å². The van der Waals surface area contributed by atoms with Gasteiger partial charge in [-0.25, -0.2) is 9.18 Å². The summed E-state index contributed by atoms with van der Waals surface area (Å²) in [6.45, 7) is 0.260. The van der Waals surface area contributed by atoms with Gasteiger partial charge in [0.1, 0.15) is 11.5 Å². The lowest BCUT2D eigenvalue weighted by Crippen LogP contribution is -2.44. The van der Waals surface area contributed by atoms with E-state index in [0.29, 0.717) is 5.56 Å². The van der Waals surface area contributed by atoms with Crippen LogP contribution in [-0.4, -0.2) is 21.6 Å². The highest BCUT2D eigenvalue weighted by atomic mass is 19.1. The van der Waals surface area contributed by atoms with Crippen molar-refractivity contribution in [2.45, 2.75) is 31.1 Å². The summed E-state index contributed by atoms with van der Waals surface area (Å²) in [5.41, 5.74) is -0.953. The Morgan fingerprint density at radius 1 is 1.15 bits per heavy atom. The fourth-order valence-corrected chi connectivity index (χ4v) is 3.78. The summed E-state index contributed by atoms with van der Waals surface area (Å²) in [5, 5.41) is 2.81. The maximum Gasteiger partial charge on any atom is 0.331 e. The van der Waals surface area contributed by atoms with Crippen molar-refractivity contribution >= 4 is 5.91 Å². The molecule has 1 N–H and O–H groups in total. The first kappa shape index (κ1) is 18.1. The van der Waals surface area contributed by atoms with Crippen LogP contribution in [0.25, 0.3) is 0 Å². The Morgan fingerprint density at radius 2 is 1.81 bits per heavy atom. The highest BCUT2D eigenvalue weighted by molar-refractivity contribution is 5.92. The lowest BCUT2D eigenvalue weighted by Gasteiger charge is -2.30. The van der Waals surface area contributed by atoms with Crippen LogP contribution in [0.1, 0.15) is 41.7 Å². The number of benzene rings is 1. The molecule has 0 spiro atoms. The van der Waals surface area contributed by atoms with Gasteiger partial charge in [0.05, 0.1) is 0 Å². The Hall–Kier alpha value is -2.70. The monoisotopic (exact) mass is 359 g/mol. The van der Waals surface area contributed by atoms with Crippen LogP contribution < -0.4 is 16.6 Å². The van der Waals surface area contributed by atoms with Crippen molar-refractivity contribution in [1.29, 1.82) is 0 Å². The second kappa shape index (κ2) is 6.90. The topological polar surface area (TPSA) is 73.1 Å². The van der Waals surface area contributed by atoms with Gasteiger partial charge in [0.15, 0.2) is 0 Å². The van der Waals surface area contributed by atoms with Crippen LogP contribution >= 0.6 is 0 Å². The minimum Gasteiger partial charge on any atom is -0.350 e. The first-order valence-corrected chi connectivity index (χ1v) is 8.66. The maximum atomic E-state index is 14.3. The number of hydrogen-bond acceptors (Lipinski definition) is 3. The minimum atomic E-state index is -0.563. The van der Waals surface area contributed by atoms with E-state index in [2.05, 4.69) is 5.32 Å². The quantitative estimate of drug-likeness (QED) is 0.898. The van der Waals surface area contributed by atoms with Crippen molar-refractivity contribution in [2.75, 3.05) is 6.54 Å². The Balaban J connectivity index is 1.88. The Labute approximate surface area is 150 Å². The average molecular weight is 359 g/mol. The first-order chi connectivity index (χ1) is 12.4. The van der Waals surface area contributed by atoms with Crippen molar-refractivity contribution in [3.05, 3.63) is 68.2 Å². The van der Waals surface area contributed by atoms with E-state index >= 15 is 0 Å². The fraction of sp³-hybridized carbons (Fsp3) is 0.421. The molecule has 6 nitrogen and oxygen atoms in total. The molecule has 1 fully saturated rings. The molecular weight excluding hydrogens is 337 g/mol. The van der Waals surface area contributed by atoms with E-state index in [0.717, 1.165) is 40.9 Å². The molecule has 1 aliphatic rings. The van der Waals surface area contributed by atoms with E-state index in [1.807, 2.05) is 0 Å². The molecule has 1 saturated carbocycles. The van der Waals surface area contributed by atoms with Crippen LogP contribution in [0, 0.1) is 5.82 Å². The predicted octanol–water partition coefficient (Wildman–Crippen LogP) is 1.46. The van der Waals surface area contributed by atoms with E-state index in [4.69, 9.17) is 0 Å². The van der Waals surface area contributed by atoms with Gasteiger partial charge in [-0.05, 0) is 24.5 Å². The van der Waals surface area contributed by atoms with Gasteiger partial charge in [0, 0.05) is 32.1 Å². The number of carbonyl (C=O) groups excluding carboxylic acids is 1. The zero-order valence-corrected chi connectivity index (χ0v) is 14.9. The molecule has 0 unspecified atom stereocenters. The normalized spacial score (nSPS) is 15.8. The van der Waals surface area contributed by atoms with Gasteiger partial charge in [0.2, 0.25) is 0 Å². The van der Waals surface area contributed by atoms with Crippen molar-refractivity contribution in [2.24, 2.45) is 14.1 Å². The molecule has 1 aromatic carbocycles. The van der Waals surface area contributed by atoms with Gasteiger partial charge in [-0.1, -0.05) is 31.0 Å². The predicted molar refractivity (Wildman–Crippen MR) is 95.8 cm³/mol. The third-order valence-corrected chi connectivity index (χ3v) is 5.35. The van der Waals surface area contributed by atoms with Gasteiger partial charge < -0.3 is 5.32 Å². The third-order valence-electron chi connectivity index (χ3n) is 5.35. The van der Waals surface area contributed by atoms with Crippen molar-refractivity contribution < 1.29 is 9.18 Å². The molecule has 1 heterocycles. The molecule has 7 heteroatoms. The first-order valence-electron chi connectivity index (χ1n) is 8.66. The van der Waals surface area contributed by atoms with Gasteiger partial charge in [0.25, 0.3) is 11.5 Å². The van der Waals surface area contributed by atoms with Crippen molar-refractivity contribution in [3.63, 3.8) is 0 Å². The average Bonchev–Trinajstić information content (AvgIpc) is 3.11. The van der Waals surface area contributed by atoms with Crippen LogP contribution in [0.4, 0.5) is 4.39 Å². The lowest BCUT2D eigenvalue weighted by atomic mass is 9.78. The van der Waals surface area contributed by atoms with E-state index in [-0.39, 0.29) is 18.1 Å². The van der Waals surface area contributed by atoms with Gasteiger partial charge in [-0.2, -0.15) is 0 Å². The summed E-state index contributed by atoms with van der Waals surface area (Å²) < 4.78 is 16.4. The summed E-state index contributed by atoms with van der Waals surface area (Å²) in [6, 6.07) is 7.78. The smallest absolute Gasteiger partial charge is 0.331 e. The van der Waals surface area contributed by atoms with Gasteiger partial charge in [-0.3, -0.25) is 18.7 Å². The van der Waals surface area contributed by atoms with Crippen LogP contribution in [0.15, 0.2) is 39.9 Å². The zero-order chi connectivity index (χ0) is 18.9. The molecule has 0 atom stereocenters. The largest absolute Gasteiger partial charge is 0.350 e. The summed E-state index contributed by atoms with van der Waals surface area (Å²) in [5.74, 6) is -0.783. The van der Waals surface area contributed by atoms with Gasteiger partial charge >= 0.3 is 5.69 Å². The number of amides is 1. The number of carbonyl (C=O) groups is 1. The number of hydrogen-bond donors (Lipinski definition) is 1. The van der Waals surface area contributed by atoms with E-state index in [9.17, 15) is 18.8 Å². The number of halogens is 1. The third kappa shape index (κ3) is 3.09. The standard InChI is InChI=1S/C19H22FN3O3/c1-22-15(11-16(24)23(2)18(22)26)17(25)21-12-19(9-5-6-10-19)13-7-3-4-8-14(13)20/h3-4,7-8,11H,5-6,9-10,12H2,1-2H3,(H,21,25). The molecule has 2 aromatic rings. The van der Waals surface area contributed by atoms with Crippen LogP contribution in [-0.2, 0) is 19.5 Å². The molecular formula is C19H22FN3O3. The number of aromatic nitrogens is 2. The highest BCUT2D eigenvalue weighted by Crippen LogP contribution is 2.41. The summed E-state index contributed by atoms with van der Waals surface area (Å²) in [7, 11) is 2.80. The summed E-state index contributed by atoms with van der Waals surface area (Å²) in [6.07, 6.45) is 3.50. The van der Waals surface area contributed by atoms with Crippen molar-refractivity contribution in [3.8, 4) is 0 Å². The van der Waals surface area contributed by atoms with E-state index in [1.54, 1.807) is 18.2 Å². The molecule has 1 aromatic heterocycles. The summed E-state index contributed by atoms with van der Waals surface area (Å²) >= 11 is 0.